The highest BCUT2D eigenvalue weighted by atomic mass is 35.5. The van der Waals surface area contributed by atoms with Gasteiger partial charge in [-0.25, -0.2) is 9.67 Å². The Hall–Kier alpha value is -2.35. The van der Waals surface area contributed by atoms with Crippen molar-refractivity contribution in [2.24, 2.45) is 5.73 Å². The standard InChI is InChI=1S/C25H28Cl2F3N5O3S/c1-4-15-8-19(35(34-15)18-7-14(26)5-6-16(18)25(28,29)30)23(38-21-11-37-13(21)2)20(36-3)10-32-9-17(31)24-33-22(27)12-39-24/h5-9,12-13,20-21,23,32H,4,10-11,31H2,1-3H3/b17-9-/t13?,20-,21?,23?/m0/s1. The quantitative estimate of drug-likeness (QED) is 0.293. The number of hydrogen-bond donors (Lipinski definition) is 2. The van der Waals surface area contributed by atoms with Gasteiger partial charge >= 0.3 is 6.18 Å². The molecular formula is C25H28Cl2F3N5O3S. The predicted molar refractivity (Wildman–Crippen MR) is 144 cm³/mol. The van der Waals surface area contributed by atoms with Crippen molar-refractivity contribution in [1.82, 2.24) is 20.1 Å². The van der Waals surface area contributed by atoms with Gasteiger partial charge in [-0.3, -0.25) is 0 Å². The van der Waals surface area contributed by atoms with E-state index < -0.39 is 23.9 Å². The molecule has 0 spiro atoms. The molecule has 3 aromatic rings. The number of hydrogen-bond acceptors (Lipinski definition) is 8. The number of aryl methyl sites for hydroxylation is 1. The Labute approximate surface area is 237 Å². The van der Waals surface area contributed by atoms with Crippen LogP contribution in [0.5, 0.6) is 0 Å². The zero-order valence-electron chi connectivity index (χ0n) is 21.3. The van der Waals surface area contributed by atoms with E-state index in [2.05, 4.69) is 15.4 Å². The SMILES string of the molecule is CCc1cc(C(OC2COC2C)[C@H](CN/C=C(\N)c2nc(Cl)cs2)OC)n(-c2cc(Cl)ccc2C(F)(F)F)n1. The van der Waals surface area contributed by atoms with Crippen molar-refractivity contribution < 1.29 is 27.4 Å². The first-order chi connectivity index (χ1) is 18.5. The third-order valence-electron chi connectivity index (χ3n) is 6.24. The second kappa shape index (κ2) is 12.4. The predicted octanol–water partition coefficient (Wildman–Crippen LogP) is 5.62. The molecule has 1 aromatic carbocycles. The second-order valence-corrected chi connectivity index (χ2v) is 10.6. The molecule has 0 bridgehead atoms. The minimum Gasteiger partial charge on any atom is -0.395 e. The van der Waals surface area contributed by atoms with Crippen molar-refractivity contribution in [3.05, 3.63) is 68.0 Å². The average molecular weight is 606 g/mol. The molecule has 1 saturated heterocycles. The fraction of sp³-hybridized carbons (Fsp3) is 0.440. The van der Waals surface area contributed by atoms with Gasteiger partial charge in [-0.2, -0.15) is 18.3 Å². The van der Waals surface area contributed by atoms with Crippen molar-refractivity contribution >= 4 is 40.2 Å². The van der Waals surface area contributed by atoms with Crippen LogP contribution in [0.15, 0.2) is 35.8 Å². The van der Waals surface area contributed by atoms with Crippen LogP contribution in [0.1, 0.15) is 41.9 Å². The summed E-state index contributed by atoms with van der Waals surface area (Å²) in [7, 11) is 1.50. The van der Waals surface area contributed by atoms with Gasteiger partial charge in [0.1, 0.15) is 28.5 Å². The van der Waals surface area contributed by atoms with Crippen molar-refractivity contribution in [3.8, 4) is 5.69 Å². The molecule has 4 rings (SSSR count). The third-order valence-corrected chi connectivity index (χ3v) is 7.69. The summed E-state index contributed by atoms with van der Waals surface area (Å²) in [6.45, 7) is 4.28. The van der Waals surface area contributed by atoms with E-state index in [-0.39, 0.29) is 29.5 Å². The molecule has 0 radical (unpaired) electrons. The summed E-state index contributed by atoms with van der Waals surface area (Å²) in [5.41, 5.74) is 6.37. The van der Waals surface area contributed by atoms with Crippen LogP contribution in [0.3, 0.4) is 0 Å². The largest absolute Gasteiger partial charge is 0.418 e. The highest BCUT2D eigenvalue weighted by Gasteiger charge is 2.39. The zero-order chi connectivity index (χ0) is 28.3. The maximum atomic E-state index is 14.0. The van der Waals surface area contributed by atoms with Gasteiger partial charge in [-0.1, -0.05) is 30.1 Å². The van der Waals surface area contributed by atoms with Crippen molar-refractivity contribution in [2.75, 3.05) is 20.3 Å². The number of benzene rings is 1. The topological polar surface area (TPSA) is 96.5 Å². The summed E-state index contributed by atoms with van der Waals surface area (Å²) >= 11 is 13.3. The lowest BCUT2D eigenvalue weighted by molar-refractivity contribution is -0.218. The van der Waals surface area contributed by atoms with Crippen LogP contribution in [0.2, 0.25) is 10.2 Å². The number of nitrogens with one attached hydrogen (secondary N) is 1. The lowest BCUT2D eigenvalue weighted by Crippen LogP contribution is -2.47. The Morgan fingerprint density at radius 1 is 1.36 bits per heavy atom. The number of nitrogens with two attached hydrogens (primary N) is 1. The molecule has 8 nitrogen and oxygen atoms in total. The number of thiazole rings is 1. The molecule has 4 atom stereocenters. The molecule has 39 heavy (non-hydrogen) atoms. The molecule has 1 aliphatic heterocycles. The lowest BCUT2D eigenvalue weighted by Gasteiger charge is -2.38. The van der Waals surface area contributed by atoms with E-state index in [0.29, 0.717) is 40.3 Å². The molecule has 3 N–H and O–H groups in total. The summed E-state index contributed by atoms with van der Waals surface area (Å²) < 4.78 is 61.0. The van der Waals surface area contributed by atoms with Crippen LogP contribution >= 0.6 is 34.5 Å². The second-order valence-electron chi connectivity index (χ2n) is 8.88. The Bertz CT molecular complexity index is 1320. The molecule has 0 aliphatic carbocycles. The minimum absolute atomic E-state index is 0.142. The molecule has 14 heteroatoms. The molecule has 0 amide bonds. The first kappa shape index (κ1) is 29.6. The smallest absolute Gasteiger partial charge is 0.395 e. The highest BCUT2D eigenvalue weighted by Crippen LogP contribution is 2.38. The normalized spacial score (nSPS) is 19.5. The molecular weight excluding hydrogens is 578 g/mol. The molecule has 212 valence electrons. The highest BCUT2D eigenvalue weighted by molar-refractivity contribution is 7.11. The molecule has 1 fully saturated rings. The maximum Gasteiger partial charge on any atom is 0.418 e. The summed E-state index contributed by atoms with van der Waals surface area (Å²) in [5.74, 6) is 0. The van der Waals surface area contributed by atoms with Gasteiger partial charge < -0.3 is 25.3 Å². The number of rotatable bonds is 11. The van der Waals surface area contributed by atoms with Crippen molar-refractivity contribution in [1.29, 1.82) is 0 Å². The van der Waals surface area contributed by atoms with Crippen LogP contribution in [0.4, 0.5) is 13.2 Å². The summed E-state index contributed by atoms with van der Waals surface area (Å²) in [4.78, 5) is 4.14. The van der Waals surface area contributed by atoms with Crippen LogP contribution in [0, 0.1) is 0 Å². The summed E-state index contributed by atoms with van der Waals surface area (Å²) in [5, 5.41) is 10.3. The van der Waals surface area contributed by atoms with Crippen molar-refractivity contribution in [3.63, 3.8) is 0 Å². The number of alkyl halides is 3. The first-order valence-corrected chi connectivity index (χ1v) is 13.7. The first-order valence-electron chi connectivity index (χ1n) is 12.1. The molecule has 3 heterocycles. The third kappa shape index (κ3) is 6.87. The van der Waals surface area contributed by atoms with Gasteiger partial charge in [0.25, 0.3) is 0 Å². The molecule has 1 aliphatic rings. The van der Waals surface area contributed by atoms with Gasteiger partial charge in [-0.15, -0.1) is 11.3 Å². The number of nitrogens with zero attached hydrogens (tertiary/aromatic N) is 3. The van der Waals surface area contributed by atoms with E-state index in [1.807, 2.05) is 13.8 Å². The number of methoxy groups -OCH3 is 1. The van der Waals surface area contributed by atoms with Gasteiger partial charge in [0.2, 0.25) is 0 Å². The Morgan fingerprint density at radius 3 is 2.69 bits per heavy atom. The monoisotopic (exact) mass is 605 g/mol. The number of halogens is 5. The van der Waals surface area contributed by atoms with Crippen LogP contribution in [-0.2, 0) is 26.8 Å². The van der Waals surface area contributed by atoms with Gasteiger partial charge in [0.05, 0.1) is 41.0 Å². The van der Waals surface area contributed by atoms with Crippen LogP contribution in [-0.4, -0.2) is 53.3 Å². The average Bonchev–Trinajstić information content (AvgIpc) is 3.52. The van der Waals surface area contributed by atoms with E-state index in [9.17, 15) is 13.2 Å². The maximum absolute atomic E-state index is 14.0. The number of ether oxygens (including phenoxy) is 3. The zero-order valence-corrected chi connectivity index (χ0v) is 23.7. The Morgan fingerprint density at radius 2 is 2.13 bits per heavy atom. The van der Waals surface area contributed by atoms with Crippen molar-refractivity contribution in [2.45, 2.75) is 50.9 Å². The van der Waals surface area contributed by atoms with E-state index in [0.717, 1.165) is 6.07 Å². The van der Waals surface area contributed by atoms with Crippen LogP contribution in [0.25, 0.3) is 11.4 Å². The number of aromatic nitrogens is 3. The van der Waals surface area contributed by atoms with E-state index in [4.69, 9.17) is 43.1 Å². The molecule has 2 aromatic heterocycles. The van der Waals surface area contributed by atoms with Crippen LogP contribution < -0.4 is 11.1 Å². The Kier molecular flexibility index (Phi) is 9.45. The fourth-order valence-corrected chi connectivity index (χ4v) is 5.08. The summed E-state index contributed by atoms with van der Waals surface area (Å²) in [6, 6.07) is 5.12. The van der Waals surface area contributed by atoms with Gasteiger partial charge in [-0.05, 0) is 37.6 Å². The molecule has 3 unspecified atom stereocenters. The van der Waals surface area contributed by atoms with Gasteiger partial charge in [0, 0.05) is 30.3 Å². The van der Waals surface area contributed by atoms with Gasteiger partial charge in [0.15, 0.2) is 0 Å². The van der Waals surface area contributed by atoms with E-state index >= 15 is 0 Å². The lowest BCUT2D eigenvalue weighted by atomic mass is 10.1. The van der Waals surface area contributed by atoms with E-state index in [1.54, 1.807) is 17.6 Å². The fourth-order valence-electron chi connectivity index (χ4n) is 4.04. The summed E-state index contributed by atoms with van der Waals surface area (Å²) in [6.07, 6.45) is -4.54. The molecule has 0 saturated carbocycles. The van der Waals surface area contributed by atoms with E-state index in [1.165, 1.54) is 35.3 Å². The minimum atomic E-state index is -4.63. The Balaban J connectivity index is 1.72.